The van der Waals surface area contributed by atoms with Gasteiger partial charge >= 0.3 is 6.61 Å². The van der Waals surface area contributed by atoms with Gasteiger partial charge in [-0.1, -0.05) is 6.92 Å². The van der Waals surface area contributed by atoms with Crippen molar-refractivity contribution >= 4 is 11.8 Å². The molecule has 1 aliphatic carbocycles. The normalized spacial score (nSPS) is 25.7. The van der Waals surface area contributed by atoms with Crippen LogP contribution in [-0.4, -0.2) is 77.6 Å². The summed E-state index contributed by atoms with van der Waals surface area (Å²) in [7, 11) is 0. The molecule has 0 spiro atoms. The Morgan fingerprint density at radius 3 is 2.69 bits per heavy atom. The van der Waals surface area contributed by atoms with E-state index in [1.165, 1.54) is 12.3 Å². The summed E-state index contributed by atoms with van der Waals surface area (Å²) in [5.74, 6) is 0.345. The van der Waals surface area contributed by atoms with Crippen LogP contribution in [0.2, 0.25) is 0 Å². The number of nitrogens with zero attached hydrogens (tertiary/aromatic N) is 5. The summed E-state index contributed by atoms with van der Waals surface area (Å²) in [5, 5.41) is 0. The summed E-state index contributed by atoms with van der Waals surface area (Å²) in [6.45, 7) is 1.07. The van der Waals surface area contributed by atoms with Crippen LogP contribution in [0, 0.1) is 0 Å². The van der Waals surface area contributed by atoms with Gasteiger partial charge in [-0.3, -0.25) is 4.90 Å². The maximum atomic E-state index is 13.3. The van der Waals surface area contributed by atoms with Gasteiger partial charge in [0.05, 0.1) is 18.4 Å². The third-order valence-corrected chi connectivity index (χ3v) is 7.20. The maximum absolute atomic E-state index is 13.3. The molecule has 2 saturated heterocycles. The lowest BCUT2D eigenvalue weighted by Gasteiger charge is -2.44. The van der Waals surface area contributed by atoms with Crippen LogP contribution < -0.4 is 15.4 Å². The highest BCUT2D eigenvalue weighted by atomic mass is 19.3. The molecule has 5 rings (SSSR count). The zero-order valence-electron chi connectivity index (χ0n) is 19.7. The molecule has 0 unspecified atom stereocenters. The van der Waals surface area contributed by atoms with Gasteiger partial charge in [-0.2, -0.15) is 8.78 Å². The Kier molecular flexibility index (Phi) is 6.97. The fourth-order valence-electron chi connectivity index (χ4n) is 5.40. The number of morpholine rings is 1. The number of pyridine rings is 1. The number of hydrogen-bond acceptors (Lipinski definition) is 8. The average Bonchev–Trinajstić information content (AvgIpc) is 3.43. The topological polar surface area (TPSA) is 89.6 Å². The van der Waals surface area contributed by atoms with Gasteiger partial charge in [0.2, 0.25) is 5.95 Å². The van der Waals surface area contributed by atoms with E-state index in [2.05, 4.69) is 19.6 Å². The molecule has 4 heterocycles. The lowest BCUT2D eigenvalue weighted by atomic mass is 9.76. The van der Waals surface area contributed by atoms with Crippen LogP contribution >= 0.6 is 0 Å². The molecule has 0 amide bonds. The van der Waals surface area contributed by atoms with Gasteiger partial charge in [0.25, 0.3) is 0 Å². The van der Waals surface area contributed by atoms with Crippen LogP contribution in [0.1, 0.15) is 44.2 Å². The van der Waals surface area contributed by atoms with Crippen LogP contribution in [-0.2, 0) is 4.74 Å². The lowest BCUT2D eigenvalue weighted by molar-refractivity contribution is -0.0494. The summed E-state index contributed by atoms with van der Waals surface area (Å²) < 4.78 is 49.2. The Morgan fingerprint density at radius 2 is 2.03 bits per heavy atom. The largest absolute Gasteiger partial charge is 0.431 e. The Morgan fingerprint density at radius 1 is 1.20 bits per heavy atom. The number of rotatable bonds is 10. The van der Waals surface area contributed by atoms with Crippen molar-refractivity contribution in [2.24, 2.45) is 0 Å². The molecule has 2 N–H and O–H groups in total. The zero-order valence-corrected chi connectivity index (χ0v) is 19.7. The van der Waals surface area contributed by atoms with Gasteiger partial charge in [0.15, 0.2) is 11.6 Å². The summed E-state index contributed by atoms with van der Waals surface area (Å²) in [6, 6.07) is 4.31. The van der Waals surface area contributed by atoms with E-state index in [4.69, 9.17) is 15.5 Å². The minimum atomic E-state index is -3.02. The van der Waals surface area contributed by atoms with Gasteiger partial charge < -0.3 is 20.1 Å². The van der Waals surface area contributed by atoms with Crippen molar-refractivity contribution < 1.29 is 22.6 Å². The van der Waals surface area contributed by atoms with Gasteiger partial charge in [-0.05, 0) is 37.8 Å². The number of aromatic nitrogens is 3. The Hall–Kier alpha value is -2.66. The highest BCUT2D eigenvalue weighted by molar-refractivity contribution is 5.65. The molecular weight excluding hydrogens is 461 g/mol. The summed E-state index contributed by atoms with van der Waals surface area (Å²) in [5.41, 5.74) is 7.60. The second kappa shape index (κ2) is 10.1. The average molecular weight is 493 g/mol. The van der Waals surface area contributed by atoms with E-state index in [1.54, 1.807) is 0 Å². The van der Waals surface area contributed by atoms with E-state index in [-0.39, 0.29) is 24.0 Å². The van der Waals surface area contributed by atoms with Crippen molar-refractivity contribution in [1.82, 2.24) is 19.9 Å². The number of nitrogen functional groups attached to an aromatic ring is 1. The van der Waals surface area contributed by atoms with Crippen LogP contribution in [0.5, 0.6) is 5.75 Å². The lowest BCUT2D eigenvalue weighted by Crippen LogP contribution is -2.49. The number of halogens is 3. The molecule has 3 fully saturated rings. The number of fused-ring (bicyclic) bond motifs is 2. The standard InChI is InChI=1S/C24H31F3N6O2/c1-2-4-32(5-3-25)24-30-19(14-6-16(7-14)33-12-18-9-17(33)13-34-18)10-20(31-24)15-8-21(35-23(26)27)22(28)29-11-15/h8,10-11,14,16-18,23H,2-7,9,12-13H2,1H3,(H2,28,29)/t14-,16-,17-,18-/m0/s1. The quantitative estimate of drug-likeness (QED) is 0.538. The highest BCUT2D eigenvalue weighted by Gasteiger charge is 2.46. The number of likely N-dealkylation sites (tertiary alicyclic amines) is 1. The summed E-state index contributed by atoms with van der Waals surface area (Å²) >= 11 is 0. The molecule has 2 aromatic heterocycles. The monoisotopic (exact) mass is 492 g/mol. The van der Waals surface area contributed by atoms with Crippen LogP contribution in [0.25, 0.3) is 11.3 Å². The second-order valence-electron chi connectivity index (χ2n) is 9.50. The molecule has 0 radical (unpaired) electrons. The zero-order chi connectivity index (χ0) is 24.5. The van der Waals surface area contributed by atoms with E-state index in [0.717, 1.165) is 44.5 Å². The number of alkyl halides is 3. The summed E-state index contributed by atoms with van der Waals surface area (Å²) in [4.78, 5) is 17.9. The highest BCUT2D eigenvalue weighted by Crippen LogP contribution is 2.44. The van der Waals surface area contributed by atoms with E-state index in [1.807, 2.05) is 17.9 Å². The molecule has 8 nitrogen and oxygen atoms in total. The fraction of sp³-hybridized carbons (Fsp3) is 0.625. The van der Waals surface area contributed by atoms with Gasteiger partial charge in [0.1, 0.15) is 6.67 Å². The summed E-state index contributed by atoms with van der Waals surface area (Å²) in [6.07, 6.45) is 5.73. The van der Waals surface area contributed by atoms with Gasteiger partial charge in [0, 0.05) is 55.1 Å². The minimum Gasteiger partial charge on any atom is -0.431 e. The number of nitrogens with two attached hydrogens (primary N) is 1. The molecule has 0 aromatic carbocycles. The molecule has 3 aliphatic rings. The van der Waals surface area contributed by atoms with Crippen LogP contribution in [0.3, 0.4) is 0 Å². The molecule has 2 bridgehead atoms. The number of ether oxygens (including phenoxy) is 2. The smallest absolute Gasteiger partial charge is 0.387 e. The molecule has 11 heteroatoms. The Labute approximate surface area is 202 Å². The van der Waals surface area contributed by atoms with Crippen molar-refractivity contribution in [1.29, 1.82) is 0 Å². The first-order chi connectivity index (χ1) is 16.9. The van der Waals surface area contributed by atoms with Crippen molar-refractivity contribution in [3.8, 4) is 17.0 Å². The molecule has 1 saturated carbocycles. The Bertz CT molecular complexity index is 1030. The second-order valence-corrected chi connectivity index (χ2v) is 9.50. The SMILES string of the molecule is CCCN(CCF)c1nc(-c2cnc(N)c(OC(F)F)c2)cc([C@H]2C[C@H](N3C[C@@H]4C[C@H]3CO4)C2)n1. The first-order valence-electron chi connectivity index (χ1n) is 12.2. The Balaban J connectivity index is 1.43. The number of anilines is 2. The minimum absolute atomic E-state index is 0.126. The third kappa shape index (κ3) is 5.02. The van der Waals surface area contributed by atoms with Gasteiger partial charge in [-0.15, -0.1) is 0 Å². The molecule has 35 heavy (non-hydrogen) atoms. The number of hydrogen-bond donors (Lipinski definition) is 1. The van der Waals surface area contributed by atoms with E-state index in [0.29, 0.717) is 41.9 Å². The maximum Gasteiger partial charge on any atom is 0.387 e. The molecular formula is C24H31F3N6O2. The molecule has 2 atom stereocenters. The molecule has 190 valence electrons. The van der Waals surface area contributed by atoms with E-state index in [9.17, 15) is 13.2 Å². The van der Waals surface area contributed by atoms with Crippen molar-refractivity contribution in [2.75, 3.05) is 43.5 Å². The fourth-order valence-corrected chi connectivity index (χ4v) is 5.40. The van der Waals surface area contributed by atoms with Gasteiger partial charge in [-0.25, -0.2) is 19.3 Å². The molecule has 2 aromatic rings. The van der Waals surface area contributed by atoms with Crippen molar-refractivity contribution in [3.05, 3.63) is 24.0 Å². The first-order valence-corrected chi connectivity index (χ1v) is 12.2. The van der Waals surface area contributed by atoms with E-state index < -0.39 is 13.3 Å². The third-order valence-electron chi connectivity index (χ3n) is 7.20. The van der Waals surface area contributed by atoms with E-state index >= 15 is 0 Å². The predicted octanol–water partition coefficient (Wildman–Crippen LogP) is 3.63. The predicted molar refractivity (Wildman–Crippen MR) is 125 cm³/mol. The van der Waals surface area contributed by atoms with Crippen LogP contribution in [0.15, 0.2) is 18.3 Å². The van der Waals surface area contributed by atoms with Crippen LogP contribution in [0.4, 0.5) is 24.9 Å². The first kappa shape index (κ1) is 24.1. The molecule has 2 aliphatic heterocycles. The van der Waals surface area contributed by atoms with Crippen molar-refractivity contribution in [3.63, 3.8) is 0 Å². The van der Waals surface area contributed by atoms with Crippen molar-refractivity contribution in [2.45, 2.75) is 63.3 Å².